The molecule has 0 saturated carbocycles. The predicted octanol–water partition coefficient (Wildman–Crippen LogP) is 5.09. The Balaban J connectivity index is 1.80. The first-order chi connectivity index (χ1) is 12.9. The Morgan fingerprint density at radius 2 is 2.00 bits per heavy atom. The molecule has 1 amide bonds. The van der Waals surface area contributed by atoms with Gasteiger partial charge < -0.3 is 20.5 Å². The van der Waals surface area contributed by atoms with Crippen molar-refractivity contribution in [1.82, 2.24) is 5.32 Å². The number of thioether (sulfide) groups is 1. The molecule has 3 rings (SSSR count). The average Bonchev–Trinajstić information content (AvgIpc) is 3.01. The highest BCUT2D eigenvalue weighted by atomic mass is 79.9. The van der Waals surface area contributed by atoms with Crippen molar-refractivity contribution in [2.24, 2.45) is 0 Å². The van der Waals surface area contributed by atoms with Gasteiger partial charge >= 0.3 is 0 Å². The van der Waals surface area contributed by atoms with Gasteiger partial charge in [-0.1, -0.05) is 30.8 Å². The number of amides is 1. The number of anilines is 1. The van der Waals surface area contributed by atoms with Crippen LogP contribution in [-0.2, 0) is 11.2 Å². The highest BCUT2D eigenvalue weighted by molar-refractivity contribution is 9.13. The molecular formula is C19H18Br2N2O3S. The lowest BCUT2D eigenvalue weighted by Gasteiger charge is -2.13. The number of carbonyl (C=O) groups is 1. The molecule has 1 heterocycles. The minimum atomic E-state index is -0.252. The standard InChI is InChI=1S/C19H18Br2N2O3S/c1-3-10-4-6-12(7-5-10)22-19-23-18(25)14(27-19)9-11-8-13(26-2)17(24)16(21)15(11)20/h4-9,19,22,24H,3H2,1-2H3,(H,23,25)/b14-9-. The van der Waals surface area contributed by atoms with Gasteiger partial charge in [-0.15, -0.1) is 0 Å². The lowest BCUT2D eigenvalue weighted by Crippen LogP contribution is -2.30. The van der Waals surface area contributed by atoms with E-state index in [-0.39, 0.29) is 17.2 Å². The van der Waals surface area contributed by atoms with Crippen LogP contribution in [0, 0.1) is 0 Å². The van der Waals surface area contributed by atoms with E-state index in [4.69, 9.17) is 4.74 Å². The maximum absolute atomic E-state index is 12.3. The second kappa shape index (κ2) is 8.58. The number of aromatic hydroxyl groups is 1. The van der Waals surface area contributed by atoms with Gasteiger partial charge in [0, 0.05) is 10.2 Å². The number of ether oxygens (including phenoxy) is 1. The van der Waals surface area contributed by atoms with Gasteiger partial charge in [-0.25, -0.2) is 0 Å². The summed E-state index contributed by atoms with van der Waals surface area (Å²) in [6.07, 6.45) is 2.75. The molecule has 1 saturated heterocycles. The van der Waals surface area contributed by atoms with Crippen LogP contribution in [0.1, 0.15) is 18.1 Å². The van der Waals surface area contributed by atoms with E-state index < -0.39 is 0 Å². The number of phenolic OH excluding ortho intramolecular Hbond substituents is 1. The molecule has 1 aliphatic heterocycles. The van der Waals surface area contributed by atoms with Crippen LogP contribution in [0.25, 0.3) is 6.08 Å². The molecule has 5 nitrogen and oxygen atoms in total. The van der Waals surface area contributed by atoms with Crippen molar-refractivity contribution >= 4 is 61.3 Å². The normalized spacial score (nSPS) is 17.9. The molecule has 142 valence electrons. The van der Waals surface area contributed by atoms with Crippen LogP contribution in [0.5, 0.6) is 11.5 Å². The number of phenols is 1. The Hall–Kier alpha value is -1.64. The fraction of sp³-hybridized carbons (Fsp3) is 0.211. The maximum Gasteiger partial charge on any atom is 0.260 e. The summed E-state index contributed by atoms with van der Waals surface area (Å²) < 4.78 is 6.30. The molecule has 0 aromatic heterocycles. The zero-order valence-corrected chi connectivity index (χ0v) is 18.7. The van der Waals surface area contributed by atoms with E-state index in [1.165, 1.54) is 24.4 Å². The Morgan fingerprint density at radius 1 is 1.30 bits per heavy atom. The van der Waals surface area contributed by atoms with Crippen molar-refractivity contribution in [3.8, 4) is 11.5 Å². The van der Waals surface area contributed by atoms with Crippen LogP contribution in [-0.4, -0.2) is 23.6 Å². The summed E-state index contributed by atoms with van der Waals surface area (Å²) in [6, 6.07) is 9.82. The molecule has 0 spiro atoms. The molecule has 0 radical (unpaired) electrons. The molecule has 2 aromatic carbocycles. The highest BCUT2D eigenvalue weighted by Gasteiger charge is 2.27. The van der Waals surface area contributed by atoms with Crippen LogP contribution >= 0.6 is 43.6 Å². The zero-order chi connectivity index (χ0) is 19.6. The first-order valence-electron chi connectivity index (χ1n) is 8.22. The number of aryl methyl sites for hydroxylation is 1. The molecule has 27 heavy (non-hydrogen) atoms. The Labute approximate surface area is 178 Å². The maximum atomic E-state index is 12.3. The minimum absolute atomic E-state index is 0.00474. The summed E-state index contributed by atoms with van der Waals surface area (Å²) in [6.45, 7) is 2.11. The largest absolute Gasteiger partial charge is 0.503 e. The summed E-state index contributed by atoms with van der Waals surface area (Å²) >= 11 is 8.17. The van der Waals surface area contributed by atoms with E-state index in [0.29, 0.717) is 19.6 Å². The third-order valence-electron chi connectivity index (χ3n) is 4.07. The van der Waals surface area contributed by atoms with Crippen LogP contribution < -0.4 is 15.4 Å². The smallest absolute Gasteiger partial charge is 0.260 e. The van der Waals surface area contributed by atoms with Crippen LogP contribution in [0.3, 0.4) is 0 Å². The summed E-state index contributed by atoms with van der Waals surface area (Å²) in [5, 5.41) is 16.3. The van der Waals surface area contributed by atoms with Crippen molar-refractivity contribution in [2.75, 3.05) is 12.4 Å². The number of halogens is 2. The van der Waals surface area contributed by atoms with E-state index in [2.05, 4.69) is 61.5 Å². The van der Waals surface area contributed by atoms with E-state index in [1.54, 1.807) is 12.1 Å². The van der Waals surface area contributed by atoms with Crippen molar-refractivity contribution in [2.45, 2.75) is 18.8 Å². The summed E-state index contributed by atoms with van der Waals surface area (Å²) in [5.41, 5.74) is 2.68. The number of rotatable bonds is 5. The first-order valence-corrected chi connectivity index (χ1v) is 10.7. The van der Waals surface area contributed by atoms with Gasteiger partial charge in [-0.05, 0) is 73.7 Å². The average molecular weight is 514 g/mol. The third kappa shape index (κ3) is 4.44. The molecule has 0 aliphatic carbocycles. The van der Waals surface area contributed by atoms with Crippen LogP contribution in [0.2, 0.25) is 0 Å². The van der Waals surface area contributed by atoms with Crippen molar-refractivity contribution in [1.29, 1.82) is 0 Å². The Bertz CT molecular complexity index is 901. The number of methoxy groups -OCH3 is 1. The van der Waals surface area contributed by atoms with Gasteiger partial charge in [-0.3, -0.25) is 4.79 Å². The van der Waals surface area contributed by atoms with E-state index in [1.807, 2.05) is 12.1 Å². The zero-order valence-electron chi connectivity index (χ0n) is 14.7. The highest BCUT2D eigenvalue weighted by Crippen LogP contribution is 2.43. The van der Waals surface area contributed by atoms with Gasteiger partial charge in [0.2, 0.25) is 0 Å². The first kappa shape index (κ1) is 20.1. The minimum Gasteiger partial charge on any atom is -0.503 e. The fourth-order valence-corrected chi connectivity index (χ4v) is 4.38. The van der Waals surface area contributed by atoms with Gasteiger partial charge in [0.15, 0.2) is 17.0 Å². The summed E-state index contributed by atoms with van der Waals surface area (Å²) in [4.78, 5) is 12.9. The summed E-state index contributed by atoms with van der Waals surface area (Å²) in [7, 11) is 1.48. The molecule has 0 bridgehead atoms. The lowest BCUT2D eigenvalue weighted by atomic mass is 10.1. The van der Waals surface area contributed by atoms with Crippen molar-refractivity contribution < 1.29 is 14.6 Å². The number of carbonyl (C=O) groups excluding carboxylic acids is 1. The van der Waals surface area contributed by atoms with Crippen LogP contribution in [0.15, 0.2) is 44.2 Å². The summed E-state index contributed by atoms with van der Waals surface area (Å²) in [5.74, 6) is 0.175. The third-order valence-corrected chi connectivity index (χ3v) is 7.26. The Morgan fingerprint density at radius 3 is 2.63 bits per heavy atom. The van der Waals surface area contributed by atoms with E-state index >= 15 is 0 Å². The monoisotopic (exact) mass is 512 g/mol. The number of benzene rings is 2. The quantitative estimate of drug-likeness (QED) is 0.486. The lowest BCUT2D eigenvalue weighted by molar-refractivity contribution is -0.116. The molecule has 1 fully saturated rings. The molecule has 1 aliphatic rings. The molecule has 3 N–H and O–H groups in total. The molecule has 1 atom stereocenters. The molecule has 1 unspecified atom stereocenters. The van der Waals surface area contributed by atoms with Gasteiger partial charge in [-0.2, -0.15) is 0 Å². The van der Waals surface area contributed by atoms with Crippen molar-refractivity contribution in [3.05, 3.63) is 55.3 Å². The predicted molar refractivity (Wildman–Crippen MR) is 117 cm³/mol. The fourth-order valence-electron chi connectivity index (χ4n) is 2.57. The van der Waals surface area contributed by atoms with Gasteiger partial charge in [0.1, 0.15) is 0 Å². The molecule has 8 heteroatoms. The number of hydrogen-bond acceptors (Lipinski definition) is 5. The second-order valence-electron chi connectivity index (χ2n) is 5.82. The SMILES string of the molecule is CCc1ccc(NC2NC(=O)/C(=C/c3cc(OC)c(O)c(Br)c3Br)S2)cc1. The van der Waals surface area contributed by atoms with E-state index in [9.17, 15) is 9.90 Å². The molecular weight excluding hydrogens is 496 g/mol. The van der Waals surface area contributed by atoms with Gasteiger partial charge in [0.05, 0.1) is 16.5 Å². The Kier molecular flexibility index (Phi) is 6.39. The topological polar surface area (TPSA) is 70.6 Å². The number of nitrogens with one attached hydrogen (secondary N) is 2. The molecule has 2 aromatic rings. The van der Waals surface area contributed by atoms with Gasteiger partial charge in [0.25, 0.3) is 5.91 Å². The number of hydrogen-bond donors (Lipinski definition) is 3. The van der Waals surface area contributed by atoms with Crippen LogP contribution in [0.4, 0.5) is 5.69 Å². The second-order valence-corrected chi connectivity index (χ2v) is 8.55. The van der Waals surface area contributed by atoms with Crippen molar-refractivity contribution in [3.63, 3.8) is 0 Å². The van der Waals surface area contributed by atoms with E-state index in [0.717, 1.165) is 17.7 Å².